The van der Waals surface area contributed by atoms with Crippen LogP contribution in [0.3, 0.4) is 0 Å². The number of carbonyl (C=O) groups excluding carboxylic acids is 2. The van der Waals surface area contributed by atoms with Crippen LogP contribution in [-0.2, 0) is 4.74 Å². The number of ketones is 1. The van der Waals surface area contributed by atoms with E-state index in [4.69, 9.17) is 4.74 Å². The minimum Gasteiger partial charge on any atom is -0.379 e. The number of carbonyl (C=O) groups is 2. The van der Waals surface area contributed by atoms with Crippen molar-refractivity contribution in [3.8, 4) is 0 Å². The van der Waals surface area contributed by atoms with Crippen molar-refractivity contribution in [2.24, 2.45) is 0 Å². The van der Waals surface area contributed by atoms with Crippen LogP contribution in [0, 0.1) is 0 Å². The van der Waals surface area contributed by atoms with Gasteiger partial charge in [0.2, 0.25) is 5.95 Å². The first kappa shape index (κ1) is 18.9. The second-order valence-corrected chi connectivity index (χ2v) is 6.24. The number of amides is 1. The number of hydrogen-bond donors (Lipinski definition) is 2. The largest absolute Gasteiger partial charge is 0.379 e. The maximum atomic E-state index is 12.3. The molecule has 1 aliphatic rings. The summed E-state index contributed by atoms with van der Waals surface area (Å²) in [4.78, 5) is 34.4. The Morgan fingerprint density at radius 1 is 1.22 bits per heavy atom. The van der Waals surface area contributed by atoms with E-state index < -0.39 is 0 Å². The molecule has 2 aromatic rings. The van der Waals surface area contributed by atoms with Gasteiger partial charge in [0.25, 0.3) is 5.91 Å². The van der Waals surface area contributed by atoms with Crippen LogP contribution < -0.4 is 10.6 Å². The molecule has 1 amide bonds. The smallest absolute Gasteiger partial charge is 0.270 e. The average Bonchev–Trinajstić information content (AvgIpc) is 2.69. The second kappa shape index (κ2) is 9.20. The van der Waals surface area contributed by atoms with Crippen molar-refractivity contribution in [1.29, 1.82) is 0 Å². The third-order valence-corrected chi connectivity index (χ3v) is 4.23. The molecule has 0 unspecified atom stereocenters. The fraction of sp³-hybridized carbons (Fsp3) is 0.368. The maximum Gasteiger partial charge on any atom is 0.270 e. The summed E-state index contributed by atoms with van der Waals surface area (Å²) in [7, 11) is 0. The molecule has 1 aromatic carbocycles. The molecule has 1 fully saturated rings. The molecule has 2 heterocycles. The number of morpholine rings is 1. The molecular formula is C19H23N5O3. The van der Waals surface area contributed by atoms with Crippen LogP contribution in [0.4, 0.5) is 11.6 Å². The quantitative estimate of drug-likeness (QED) is 0.714. The highest BCUT2D eigenvalue weighted by molar-refractivity contribution is 5.95. The fourth-order valence-electron chi connectivity index (χ4n) is 2.73. The van der Waals surface area contributed by atoms with E-state index in [-0.39, 0.29) is 17.4 Å². The van der Waals surface area contributed by atoms with E-state index in [1.165, 1.54) is 13.1 Å². The molecule has 8 heteroatoms. The summed E-state index contributed by atoms with van der Waals surface area (Å²) in [6.45, 7) is 6.08. The summed E-state index contributed by atoms with van der Waals surface area (Å²) in [5.74, 6) is 0.0377. The van der Waals surface area contributed by atoms with Crippen LogP contribution >= 0.6 is 0 Å². The second-order valence-electron chi connectivity index (χ2n) is 6.24. The van der Waals surface area contributed by atoms with Crippen LogP contribution in [-0.4, -0.2) is 66.0 Å². The maximum absolute atomic E-state index is 12.3. The monoisotopic (exact) mass is 369 g/mol. The van der Waals surface area contributed by atoms with Gasteiger partial charge in [-0.15, -0.1) is 0 Å². The summed E-state index contributed by atoms with van der Waals surface area (Å²) >= 11 is 0. The van der Waals surface area contributed by atoms with Gasteiger partial charge in [-0.2, -0.15) is 0 Å². The Morgan fingerprint density at radius 3 is 2.81 bits per heavy atom. The standard InChI is InChI=1S/C19H23N5O3/c1-14(25)15-3-2-4-16(13-15)22-19-21-6-5-17(23-19)18(26)20-7-8-24-9-11-27-12-10-24/h2-6,13H,7-12H2,1H3,(H,20,26)(H,21,22,23). The van der Waals surface area contributed by atoms with Crippen molar-refractivity contribution in [2.45, 2.75) is 6.92 Å². The van der Waals surface area contributed by atoms with Crippen molar-refractivity contribution >= 4 is 23.3 Å². The first-order valence-electron chi connectivity index (χ1n) is 8.91. The molecule has 1 saturated heterocycles. The van der Waals surface area contributed by atoms with Crippen molar-refractivity contribution in [3.05, 3.63) is 47.8 Å². The third-order valence-electron chi connectivity index (χ3n) is 4.23. The van der Waals surface area contributed by atoms with Gasteiger partial charge in [-0.1, -0.05) is 12.1 Å². The number of rotatable bonds is 7. The Labute approximate surface area is 158 Å². The fourth-order valence-corrected chi connectivity index (χ4v) is 2.73. The minimum atomic E-state index is -0.244. The van der Waals surface area contributed by atoms with E-state index in [2.05, 4.69) is 25.5 Å². The van der Waals surface area contributed by atoms with Gasteiger partial charge in [-0.3, -0.25) is 14.5 Å². The van der Waals surface area contributed by atoms with Crippen LogP contribution in [0.15, 0.2) is 36.5 Å². The zero-order valence-corrected chi connectivity index (χ0v) is 15.3. The molecule has 0 aliphatic carbocycles. The number of anilines is 2. The highest BCUT2D eigenvalue weighted by Crippen LogP contribution is 2.15. The van der Waals surface area contributed by atoms with Crippen LogP contribution in [0.1, 0.15) is 27.8 Å². The van der Waals surface area contributed by atoms with Crippen molar-refractivity contribution in [1.82, 2.24) is 20.2 Å². The summed E-state index contributed by atoms with van der Waals surface area (Å²) in [5, 5.41) is 5.90. The normalized spacial score (nSPS) is 14.6. The van der Waals surface area contributed by atoms with Crippen LogP contribution in [0.25, 0.3) is 0 Å². The first-order valence-corrected chi connectivity index (χ1v) is 8.91. The van der Waals surface area contributed by atoms with E-state index in [0.29, 0.717) is 23.7 Å². The molecule has 8 nitrogen and oxygen atoms in total. The van der Waals surface area contributed by atoms with E-state index in [1.54, 1.807) is 24.3 Å². The molecule has 0 saturated carbocycles. The van der Waals surface area contributed by atoms with Gasteiger partial charge in [0, 0.05) is 43.6 Å². The van der Waals surface area contributed by atoms with Gasteiger partial charge >= 0.3 is 0 Å². The van der Waals surface area contributed by atoms with Crippen molar-refractivity contribution in [2.75, 3.05) is 44.7 Å². The molecule has 1 aliphatic heterocycles. The van der Waals surface area contributed by atoms with Crippen LogP contribution in [0.5, 0.6) is 0 Å². The lowest BCUT2D eigenvalue weighted by Gasteiger charge is -2.26. The topological polar surface area (TPSA) is 96.5 Å². The number of hydrogen-bond acceptors (Lipinski definition) is 7. The lowest BCUT2D eigenvalue weighted by Crippen LogP contribution is -2.41. The van der Waals surface area contributed by atoms with Crippen molar-refractivity contribution < 1.29 is 14.3 Å². The highest BCUT2D eigenvalue weighted by atomic mass is 16.5. The number of benzene rings is 1. The van der Waals surface area contributed by atoms with Gasteiger partial charge in [0.05, 0.1) is 13.2 Å². The molecule has 27 heavy (non-hydrogen) atoms. The molecule has 0 radical (unpaired) electrons. The van der Waals surface area contributed by atoms with E-state index >= 15 is 0 Å². The Balaban J connectivity index is 1.57. The summed E-state index contributed by atoms with van der Waals surface area (Å²) in [5.41, 5.74) is 1.57. The van der Waals surface area contributed by atoms with Gasteiger partial charge in [-0.05, 0) is 25.1 Å². The summed E-state index contributed by atoms with van der Waals surface area (Å²) in [6, 6.07) is 8.63. The van der Waals surface area contributed by atoms with Crippen molar-refractivity contribution in [3.63, 3.8) is 0 Å². The minimum absolute atomic E-state index is 0.0204. The average molecular weight is 369 g/mol. The third kappa shape index (κ3) is 5.57. The Morgan fingerprint density at radius 2 is 2.04 bits per heavy atom. The number of nitrogens with one attached hydrogen (secondary N) is 2. The van der Waals surface area contributed by atoms with E-state index in [9.17, 15) is 9.59 Å². The number of aromatic nitrogens is 2. The zero-order valence-electron chi connectivity index (χ0n) is 15.3. The molecule has 0 spiro atoms. The molecule has 142 valence electrons. The van der Waals surface area contributed by atoms with Gasteiger partial charge in [0.15, 0.2) is 5.78 Å². The molecule has 0 atom stereocenters. The molecule has 3 rings (SSSR count). The number of ether oxygens (including phenoxy) is 1. The first-order chi connectivity index (χ1) is 13.1. The molecule has 0 bridgehead atoms. The van der Waals surface area contributed by atoms with Crippen LogP contribution in [0.2, 0.25) is 0 Å². The predicted molar refractivity (Wildman–Crippen MR) is 101 cm³/mol. The van der Waals surface area contributed by atoms with E-state index in [0.717, 1.165) is 32.8 Å². The number of nitrogens with zero attached hydrogens (tertiary/aromatic N) is 3. The summed E-state index contributed by atoms with van der Waals surface area (Å²) in [6.07, 6.45) is 1.53. The van der Waals surface area contributed by atoms with Gasteiger partial charge in [-0.25, -0.2) is 9.97 Å². The van der Waals surface area contributed by atoms with E-state index in [1.807, 2.05) is 6.07 Å². The SMILES string of the molecule is CC(=O)c1cccc(Nc2nccc(C(=O)NCCN3CCOCC3)n2)c1. The Bertz CT molecular complexity index is 805. The van der Waals surface area contributed by atoms with Gasteiger partial charge < -0.3 is 15.4 Å². The highest BCUT2D eigenvalue weighted by Gasteiger charge is 2.12. The lowest BCUT2D eigenvalue weighted by atomic mass is 10.1. The molecular weight excluding hydrogens is 346 g/mol. The lowest BCUT2D eigenvalue weighted by molar-refractivity contribution is 0.0383. The summed E-state index contributed by atoms with van der Waals surface area (Å²) < 4.78 is 5.31. The molecule has 2 N–H and O–H groups in total. The zero-order chi connectivity index (χ0) is 19.1. The Kier molecular flexibility index (Phi) is 6.45. The predicted octanol–water partition coefficient (Wildman–Crippen LogP) is 1.48. The number of Topliss-reactive ketones (excluding diaryl/α,β-unsaturated/α-hetero) is 1. The van der Waals surface area contributed by atoms with Gasteiger partial charge in [0.1, 0.15) is 5.69 Å². The molecule has 1 aromatic heterocycles. The Hall–Kier alpha value is -2.84.